The van der Waals surface area contributed by atoms with Gasteiger partial charge in [-0.2, -0.15) is 0 Å². The van der Waals surface area contributed by atoms with Crippen molar-refractivity contribution in [2.24, 2.45) is 5.73 Å². The van der Waals surface area contributed by atoms with Crippen LogP contribution in [0.25, 0.3) is 39.5 Å². The number of imidazole rings is 1. The SMILES string of the molecule is Nc1ncccc1-c1nc2ccc(-c3ccccc3)nc2n1-c1ccc(N2CC(N)C2)cc1. The van der Waals surface area contributed by atoms with E-state index in [0.717, 1.165) is 52.4 Å². The number of aromatic nitrogens is 4. The van der Waals surface area contributed by atoms with Gasteiger partial charge in [0.2, 0.25) is 0 Å². The number of hydrogen-bond donors (Lipinski definition) is 2. The average Bonchev–Trinajstić information content (AvgIpc) is 3.21. The quantitative estimate of drug-likeness (QED) is 0.446. The Kier molecular flexibility index (Phi) is 4.55. The lowest BCUT2D eigenvalue weighted by Crippen LogP contribution is -2.55. The van der Waals surface area contributed by atoms with Crippen molar-refractivity contribution in [3.05, 3.63) is 85.1 Å². The molecule has 1 fully saturated rings. The molecule has 2 aromatic carbocycles. The molecule has 0 atom stereocenters. The van der Waals surface area contributed by atoms with Crippen molar-refractivity contribution in [2.75, 3.05) is 23.7 Å². The lowest BCUT2D eigenvalue weighted by atomic mass is 10.1. The molecular weight excluding hydrogens is 410 g/mol. The summed E-state index contributed by atoms with van der Waals surface area (Å²) in [6, 6.07) is 26.6. The van der Waals surface area contributed by atoms with E-state index in [1.807, 2.05) is 42.5 Å². The predicted molar refractivity (Wildman–Crippen MR) is 132 cm³/mol. The summed E-state index contributed by atoms with van der Waals surface area (Å²) in [5.41, 5.74) is 18.6. The van der Waals surface area contributed by atoms with Crippen molar-refractivity contribution in [1.82, 2.24) is 19.5 Å². The second-order valence-electron chi connectivity index (χ2n) is 8.29. The molecular formula is C26H23N7. The number of nitrogens with two attached hydrogens (primary N) is 2. The van der Waals surface area contributed by atoms with E-state index >= 15 is 0 Å². The van der Waals surface area contributed by atoms with E-state index in [1.54, 1.807) is 6.20 Å². The molecule has 1 aliphatic heterocycles. The third-order valence-electron chi connectivity index (χ3n) is 6.04. The molecule has 5 aromatic rings. The molecule has 0 aliphatic carbocycles. The van der Waals surface area contributed by atoms with Gasteiger partial charge in [-0.25, -0.2) is 15.0 Å². The summed E-state index contributed by atoms with van der Waals surface area (Å²) >= 11 is 0. The van der Waals surface area contributed by atoms with Crippen molar-refractivity contribution in [3.8, 4) is 28.3 Å². The molecule has 33 heavy (non-hydrogen) atoms. The predicted octanol–water partition coefficient (Wildman–Crippen LogP) is 3.88. The first-order chi connectivity index (χ1) is 16.2. The Labute approximate surface area is 191 Å². The summed E-state index contributed by atoms with van der Waals surface area (Å²) in [5.74, 6) is 1.15. The minimum atomic E-state index is 0.253. The maximum atomic E-state index is 6.24. The highest BCUT2D eigenvalue weighted by Gasteiger charge is 2.23. The van der Waals surface area contributed by atoms with Crippen LogP contribution in [0.3, 0.4) is 0 Å². The van der Waals surface area contributed by atoms with Crippen molar-refractivity contribution in [3.63, 3.8) is 0 Å². The molecule has 3 aromatic heterocycles. The van der Waals surface area contributed by atoms with Crippen molar-refractivity contribution in [1.29, 1.82) is 0 Å². The normalized spacial score (nSPS) is 13.9. The van der Waals surface area contributed by atoms with Crippen LogP contribution in [-0.2, 0) is 0 Å². The Morgan fingerprint density at radius 3 is 2.27 bits per heavy atom. The lowest BCUT2D eigenvalue weighted by molar-refractivity contribution is 0.519. The van der Waals surface area contributed by atoms with Gasteiger partial charge in [-0.3, -0.25) is 4.57 Å². The van der Waals surface area contributed by atoms with Crippen molar-refractivity contribution in [2.45, 2.75) is 6.04 Å². The highest BCUT2D eigenvalue weighted by Crippen LogP contribution is 2.32. The number of benzene rings is 2. The Hall–Kier alpha value is -4.23. The summed E-state index contributed by atoms with van der Waals surface area (Å²) in [6.45, 7) is 1.76. The summed E-state index contributed by atoms with van der Waals surface area (Å²) in [4.78, 5) is 16.5. The van der Waals surface area contributed by atoms with Gasteiger partial charge in [-0.1, -0.05) is 30.3 Å². The number of nitrogens with zero attached hydrogens (tertiary/aromatic N) is 5. The van der Waals surface area contributed by atoms with Gasteiger partial charge in [-0.15, -0.1) is 0 Å². The van der Waals surface area contributed by atoms with Gasteiger partial charge in [0, 0.05) is 42.3 Å². The number of anilines is 2. The Morgan fingerprint density at radius 2 is 1.55 bits per heavy atom. The van der Waals surface area contributed by atoms with E-state index in [9.17, 15) is 0 Å². The third kappa shape index (κ3) is 3.39. The van der Waals surface area contributed by atoms with Crippen LogP contribution in [0.4, 0.5) is 11.5 Å². The molecule has 4 heterocycles. The lowest BCUT2D eigenvalue weighted by Gasteiger charge is -2.38. The molecule has 0 bridgehead atoms. The molecule has 4 N–H and O–H groups in total. The zero-order valence-electron chi connectivity index (χ0n) is 18.0. The Bertz CT molecular complexity index is 1440. The molecule has 0 saturated carbocycles. The van der Waals surface area contributed by atoms with E-state index in [4.69, 9.17) is 21.4 Å². The van der Waals surface area contributed by atoms with Crippen LogP contribution in [-0.4, -0.2) is 38.7 Å². The number of nitrogen functional groups attached to an aromatic ring is 1. The summed E-state index contributed by atoms with van der Waals surface area (Å²) in [5, 5.41) is 0. The second kappa shape index (κ2) is 7.72. The van der Waals surface area contributed by atoms with Crippen LogP contribution in [0.2, 0.25) is 0 Å². The fourth-order valence-corrected chi connectivity index (χ4v) is 4.29. The largest absolute Gasteiger partial charge is 0.383 e. The fraction of sp³-hybridized carbons (Fsp3) is 0.115. The van der Waals surface area contributed by atoms with Crippen LogP contribution in [0, 0.1) is 0 Å². The topological polar surface area (TPSA) is 98.9 Å². The molecule has 6 rings (SSSR count). The summed E-state index contributed by atoms with van der Waals surface area (Å²) < 4.78 is 2.06. The monoisotopic (exact) mass is 433 g/mol. The zero-order chi connectivity index (χ0) is 22.4. The molecule has 0 spiro atoms. The third-order valence-corrected chi connectivity index (χ3v) is 6.04. The molecule has 0 radical (unpaired) electrons. The molecule has 162 valence electrons. The maximum absolute atomic E-state index is 6.24. The van der Waals surface area contributed by atoms with Gasteiger partial charge in [0.15, 0.2) is 11.5 Å². The van der Waals surface area contributed by atoms with Crippen molar-refractivity contribution >= 4 is 22.7 Å². The molecule has 0 amide bonds. The zero-order valence-corrected chi connectivity index (χ0v) is 18.0. The maximum Gasteiger partial charge on any atom is 0.165 e. The Balaban J connectivity index is 1.54. The van der Waals surface area contributed by atoms with Gasteiger partial charge < -0.3 is 16.4 Å². The fourth-order valence-electron chi connectivity index (χ4n) is 4.29. The van der Waals surface area contributed by atoms with Gasteiger partial charge in [-0.05, 0) is 48.5 Å². The van der Waals surface area contributed by atoms with Crippen LogP contribution < -0.4 is 16.4 Å². The van der Waals surface area contributed by atoms with Crippen LogP contribution in [0.5, 0.6) is 0 Å². The van der Waals surface area contributed by atoms with Crippen LogP contribution in [0.1, 0.15) is 0 Å². The number of rotatable bonds is 4. The van der Waals surface area contributed by atoms with Crippen molar-refractivity contribution < 1.29 is 0 Å². The van der Waals surface area contributed by atoms with Gasteiger partial charge in [0.05, 0.1) is 11.3 Å². The van der Waals surface area contributed by atoms with E-state index in [0.29, 0.717) is 11.6 Å². The van der Waals surface area contributed by atoms with E-state index in [1.165, 1.54) is 0 Å². The van der Waals surface area contributed by atoms with Gasteiger partial charge in [0.1, 0.15) is 11.3 Å². The molecule has 1 saturated heterocycles. The second-order valence-corrected chi connectivity index (χ2v) is 8.29. The summed E-state index contributed by atoms with van der Waals surface area (Å²) in [7, 11) is 0. The first kappa shape index (κ1) is 19.5. The van der Waals surface area contributed by atoms with E-state index in [-0.39, 0.29) is 6.04 Å². The average molecular weight is 434 g/mol. The molecule has 1 aliphatic rings. The van der Waals surface area contributed by atoms with E-state index in [2.05, 4.69) is 50.8 Å². The van der Waals surface area contributed by atoms with Crippen LogP contribution in [0.15, 0.2) is 85.1 Å². The van der Waals surface area contributed by atoms with Gasteiger partial charge >= 0.3 is 0 Å². The molecule has 0 unspecified atom stereocenters. The highest BCUT2D eigenvalue weighted by molar-refractivity contribution is 5.84. The van der Waals surface area contributed by atoms with Gasteiger partial charge in [0.25, 0.3) is 0 Å². The number of fused-ring (bicyclic) bond motifs is 1. The first-order valence-electron chi connectivity index (χ1n) is 10.9. The summed E-state index contributed by atoms with van der Waals surface area (Å²) in [6.07, 6.45) is 1.68. The highest BCUT2D eigenvalue weighted by atomic mass is 15.2. The number of hydrogen-bond acceptors (Lipinski definition) is 6. The first-order valence-corrected chi connectivity index (χ1v) is 10.9. The smallest absolute Gasteiger partial charge is 0.165 e. The Morgan fingerprint density at radius 1 is 0.788 bits per heavy atom. The minimum Gasteiger partial charge on any atom is -0.383 e. The molecule has 7 heteroatoms. The number of pyridine rings is 2. The van der Waals surface area contributed by atoms with Crippen LogP contribution >= 0.6 is 0 Å². The standard InChI is InChI=1S/C26H23N7/c27-18-15-32(16-18)19-8-10-20(11-9-19)33-25(21-7-4-14-29-24(21)28)31-23-13-12-22(30-26(23)33)17-5-2-1-3-6-17/h1-14,18H,15-16,27H2,(H2,28,29). The molecule has 7 nitrogen and oxygen atoms in total. The minimum absolute atomic E-state index is 0.253. The van der Waals surface area contributed by atoms with E-state index < -0.39 is 0 Å².